The number of benzene rings is 1. The van der Waals surface area contributed by atoms with Gasteiger partial charge in [0.2, 0.25) is 0 Å². The Labute approximate surface area is 84.4 Å². The number of carbonyl (C=O) groups is 1. The molecule has 1 aromatic carbocycles. The van der Waals surface area contributed by atoms with Crippen LogP contribution in [0.5, 0.6) is 0 Å². The first-order valence-electron chi connectivity index (χ1n) is 4.29. The molecular weight excluding hydrogens is 176 g/mol. The Kier molecular flexibility index (Phi) is 7.02. The summed E-state index contributed by atoms with van der Waals surface area (Å²) >= 11 is 0. The minimum absolute atomic E-state index is 0.725. The van der Waals surface area contributed by atoms with Crippen LogP contribution >= 0.6 is 0 Å². The average molecular weight is 190 g/mol. The maximum atomic E-state index is 8.54. The SMILES string of the molecule is C=O.CNCCc1ccc(C#N)cc1. The highest BCUT2D eigenvalue weighted by Crippen LogP contribution is 2.03. The molecule has 0 aliphatic heterocycles. The van der Waals surface area contributed by atoms with Crippen LogP contribution in [0, 0.1) is 11.3 Å². The number of nitrogens with one attached hydrogen (secondary N) is 1. The summed E-state index contributed by atoms with van der Waals surface area (Å²) in [6.07, 6.45) is 1.02. The molecule has 0 saturated carbocycles. The van der Waals surface area contributed by atoms with Gasteiger partial charge >= 0.3 is 0 Å². The van der Waals surface area contributed by atoms with Crippen LogP contribution in [0.4, 0.5) is 0 Å². The summed E-state index contributed by atoms with van der Waals surface area (Å²) in [5.41, 5.74) is 1.99. The molecule has 0 spiro atoms. The standard InChI is InChI=1S/C10H12N2.CH2O/c1-12-7-6-9-2-4-10(8-11)5-3-9;1-2/h2-5,12H,6-7H2,1H3;1H2. The number of rotatable bonds is 3. The summed E-state index contributed by atoms with van der Waals surface area (Å²) in [6.45, 7) is 2.98. The molecule has 1 aromatic rings. The lowest BCUT2D eigenvalue weighted by molar-refractivity contribution is -0.0979. The number of carbonyl (C=O) groups excluding carboxylic acids is 1. The third-order valence-electron chi connectivity index (χ3n) is 1.75. The Morgan fingerprint density at radius 2 is 1.93 bits per heavy atom. The van der Waals surface area contributed by atoms with Gasteiger partial charge in [0.25, 0.3) is 0 Å². The molecule has 0 bridgehead atoms. The summed E-state index contributed by atoms with van der Waals surface area (Å²) in [6, 6.07) is 9.79. The third kappa shape index (κ3) is 4.39. The predicted octanol–water partition coefficient (Wildman–Crippen LogP) is 1.14. The zero-order chi connectivity index (χ0) is 10.8. The van der Waals surface area contributed by atoms with Crippen LogP contribution in [0.1, 0.15) is 11.1 Å². The van der Waals surface area contributed by atoms with Crippen LogP contribution in [-0.2, 0) is 11.2 Å². The Morgan fingerprint density at radius 1 is 1.36 bits per heavy atom. The fraction of sp³-hybridized carbons (Fsp3) is 0.273. The van der Waals surface area contributed by atoms with Crippen molar-refractivity contribution in [1.82, 2.24) is 5.32 Å². The number of hydrogen-bond donors (Lipinski definition) is 1. The molecule has 0 aromatic heterocycles. The summed E-state index contributed by atoms with van der Waals surface area (Å²) in [7, 11) is 1.93. The molecule has 0 unspecified atom stereocenters. The van der Waals surface area contributed by atoms with Crippen LogP contribution in [-0.4, -0.2) is 20.4 Å². The van der Waals surface area contributed by atoms with Crippen molar-refractivity contribution < 1.29 is 4.79 Å². The molecule has 3 nitrogen and oxygen atoms in total. The van der Waals surface area contributed by atoms with Gasteiger partial charge in [0.15, 0.2) is 0 Å². The highest BCUT2D eigenvalue weighted by atomic mass is 16.1. The zero-order valence-electron chi connectivity index (χ0n) is 8.29. The zero-order valence-corrected chi connectivity index (χ0v) is 8.29. The van der Waals surface area contributed by atoms with E-state index in [0.29, 0.717) is 0 Å². The van der Waals surface area contributed by atoms with Gasteiger partial charge in [-0.25, -0.2) is 0 Å². The molecule has 0 radical (unpaired) electrons. The maximum absolute atomic E-state index is 8.54. The van der Waals surface area contributed by atoms with Crippen LogP contribution in [0.2, 0.25) is 0 Å². The number of likely N-dealkylation sites (N-methyl/N-ethyl adjacent to an activating group) is 1. The fourth-order valence-electron chi connectivity index (χ4n) is 1.02. The summed E-state index contributed by atoms with van der Waals surface area (Å²) < 4.78 is 0. The van der Waals surface area contributed by atoms with Gasteiger partial charge in [-0.2, -0.15) is 5.26 Å². The minimum atomic E-state index is 0.725. The first-order valence-corrected chi connectivity index (χ1v) is 4.29. The highest BCUT2D eigenvalue weighted by molar-refractivity contribution is 5.31. The van der Waals surface area contributed by atoms with Gasteiger partial charge in [0.05, 0.1) is 11.6 Å². The predicted molar refractivity (Wildman–Crippen MR) is 55.9 cm³/mol. The van der Waals surface area contributed by atoms with Crippen LogP contribution < -0.4 is 5.32 Å². The molecular formula is C11H14N2O. The monoisotopic (exact) mass is 190 g/mol. The second kappa shape index (κ2) is 7.96. The van der Waals surface area contributed by atoms with E-state index in [0.717, 1.165) is 18.5 Å². The molecule has 0 heterocycles. The molecule has 0 aliphatic carbocycles. The molecule has 0 fully saturated rings. The van der Waals surface area contributed by atoms with E-state index in [1.54, 1.807) is 0 Å². The summed E-state index contributed by atoms with van der Waals surface area (Å²) in [4.78, 5) is 8.00. The lowest BCUT2D eigenvalue weighted by Crippen LogP contribution is -2.10. The van der Waals surface area contributed by atoms with Crippen molar-refractivity contribution in [3.63, 3.8) is 0 Å². The normalized spacial score (nSPS) is 8.29. The van der Waals surface area contributed by atoms with E-state index in [4.69, 9.17) is 10.1 Å². The van der Waals surface area contributed by atoms with Crippen LogP contribution in [0.25, 0.3) is 0 Å². The van der Waals surface area contributed by atoms with E-state index in [1.807, 2.05) is 38.1 Å². The number of hydrogen-bond acceptors (Lipinski definition) is 3. The van der Waals surface area contributed by atoms with Crippen molar-refractivity contribution >= 4 is 6.79 Å². The van der Waals surface area contributed by atoms with Crippen molar-refractivity contribution in [2.75, 3.05) is 13.6 Å². The van der Waals surface area contributed by atoms with Gasteiger partial charge in [-0.15, -0.1) is 0 Å². The van der Waals surface area contributed by atoms with E-state index < -0.39 is 0 Å². The minimum Gasteiger partial charge on any atom is -0.319 e. The van der Waals surface area contributed by atoms with E-state index in [1.165, 1.54) is 5.56 Å². The van der Waals surface area contributed by atoms with E-state index >= 15 is 0 Å². The summed E-state index contributed by atoms with van der Waals surface area (Å²) in [5.74, 6) is 0. The first kappa shape index (κ1) is 12.3. The molecule has 0 saturated heterocycles. The third-order valence-corrected chi connectivity index (χ3v) is 1.75. The van der Waals surface area contributed by atoms with Gasteiger partial charge in [-0.3, -0.25) is 0 Å². The molecule has 14 heavy (non-hydrogen) atoms. The Balaban J connectivity index is 0.000000791. The molecule has 3 heteroatoms. The number of nitrogens with zero attached hydrogens (tertiary/aromatic N) is 1. The van der Waals surface area contributed by atoms with E-state index in [-0.39, 0.29) is 0 Å². The second-order valence-electron chi connectivity index (χ2n) is 2.66. The topological polar surface area (TPSA) is 52.9 Å². The second-order valence-corrected chi connectivity index (χ2v) is 2.66. The van der Waals surface area contributed by atoms with Crippen LogP contribution in [0.15, 0.2) is 24.3 Å². The van der Waals surface area contributed by atoms with E-state index in [9.17, 15) is 0 Å². The average Bonchev–Trinajstić information content (AvgIpc) is 2.30. The van der Waals surface area contributed by atoms with Crippen molar-refractivity contribution in [2.24, 2.45) is 0 Å². The maximum Gasteiger partial charge on any atom is 0.106 e. The van der Waals surface area contributed by atoms with Gasteiger partial charge in [-0.1, -0.05) is 12.1 Å². The smallest absolute Gasteiger partial charge is 0.106 e. The Morgan fingerprint density at radius 3 is 2.36 bits per heavy atom. The molecule has 1 rings (SSSR count). The quantitative estimate of drug-likeness (QED) is 0.777. The fourth-order valence-corrected chi connectivity index (χ4v) is 1.02. The Hall–Kier alpha value is -1.66. The largest absolute Gasteiger partial charge is 0.319 e. The highest BCUT2D eigenvalue weighted by Gasteiger charge is 1.92. The van der Waals surface area contributed by atoms with Gasteiger partial charge in [0.1, 0.15) is 6.79 Å². The van der Waals surface area contributed by atoms with Crippen molar-refractivity contribution in [3.8, 4) is 6.07 Å². The van der Waals surface area contributed by atoms with Crippen molar-refractivity contribution in [3.05, 3.63) is 35.4 Å². The molecule has 74 valence electrons. The lowest BCUT2D eigenvalue weighted by atomic mass is 10.1. The van der Waals surface area contributed by atoms with Crippen molar-refractivity contribution in [1.29, 1.82) is 5.26 Å². The molecule has 0 aliphatic rings. The molecule has 0 atom stereocenters. The summed E-state index contributed by atoms with van der Waals surface area (Å²) in [5, 5.41) is 11.6. The molecule has 1 N–H and O–H groups in total. The van der Waals surface area contributed by atoms with Gasteiger partial charge in [-0.05, 0) is 37.7 Å². The van der Waals surface area contributed by atoms with Crippen molar-refractivity contribution in [2.45, 2.75) is 6.42 Å². The van der Waals surface area contributed by atoms with Gasteiger partial charge < -0.3 is 10.1 Å². The number of nitriles is 1. The molecule has 0 amide bonds. The van der Waals surface area contributed by atoms with E-state index in [2.05, 4.69) is 11.4 Å². The lowest BCUT2D eigenvalue weighted by Gasteiger charge is -1.99. The van der Waals surface area contributed by atoms with Crippen LogP contribution in [0.3, 0.4) is 0 Å². The first-order chi connectivity index (χ1) is 6.86. The van der Waals surface area contributed by atoms with Gasteiger partial charge in [0, 0.05) is 0 Å². The Bertz CT molecular complexity index is 287.